The molecule has 3 rings (SSSR count). The summed E-state index contributed by atoms with van der Waals surface area (Å²) in [6.07, 6.45) is 4.41. The molecule has 3 amide bonds. The molecule has 1 saturated heterocycles. The van der Waals surface area contributed by atoms with Gasteiger partial charge in [0.15, 0.2) is 0 Å². The van der Waals surface area contributed by atoms with Crippen molar-refractivity contribution in [1.82, 2.24) is 20.5 Å². The van der Waals surface area contributed by atoms with Crippen LogP contribution in [0.1, 0.15) is 18.4 Å². The second-order valence-corrected chi connectivity index (χ2v) is 6.54. The van der Waals surface area contributed by atoms with Crippen molar-refractivity contribution in [3.05, 3.63) is 36.0 Å². The average Bonchev–Trinajstić information content (AvgIpc) is 3.31. The molecule has 1 atom stereocenters. The Kier molecular flexibility index (Phi) is 6.12. The molecule has 0 radical (unpaired) electrons. The van der Waals surface area contributed by atoms with Gasteiger partial charge in [0.1, 0.15) is 6.04 Å². The smallest absolute Gasteiger partial charge is 0.315 e. The van der Waals surface area contributed by atoms with Crippen LogP contribution in [0.25, 0.3) is 10.9 Å². The number of nitrogens with zero attached hydrogens (tertiary/aromatic N) is 1. The summed E-state index contributed by atoms with van der Waals surface area (Å²) in [5.74, 6) is -0.0188. The molecular weight excluding hydrogens is 332 g/mol. The van der Waals surface area contributed by atoms with Gasteiger partial charge in [0.25, 0.3) is 0 Å². The second-order valence-electron chi connectivity index (χ2n) is 6.54. The first-order valence-electron chi connectivity index (χ1n) is 9.06. The molecule has 0 bridgehead atoms. The van der Waals surface area contributed by atoms with Crippen molar-refractivity contribution in [3.63, 3.8) is 0 Å². The van der Waals surface area contributed by atoms with E-state index in [-0.39, 0.29) is 11.9 Å². The average molecular weight is 358 g/mol. The number of amides is 3. The van der Waals surface area contributed by atoms with E-state index in [9.17, 15) is 9.59 Å². The molecule has 0 spiro atoms. The number of rotatable bonds is 7. The van der Waals surface area contributed by atoms with E-state index in [4.69, 9.17) is 4.74 Å². The lowest BCUT2D eigenvalue weighted by atomic mass is 10.0. The third kappa shape index (κ3) is 4.35. The van der Waals surface area contributed by atoms with E-state index >= 15 is 0 Å². The summed E-state index contributed by atoms with van der Waals surface area (Å²) in [4.78, 5) is 30.2. The number of benzene rings is 1. The Hall–Kier alpha value is -2.54. The highest BCUT2D eigenvalue weighted by Crippen LogP contribution is 2.20. The Morgan fingerprint density at radius 2 is 2.04 bits per heavy atom. The van der Waals surface area contributed by atoms with Gasteiger partial charge in [0, 0.05) is 50.3 Å². The lowest BCUT2D eigenvalue weighted by Gasteiger charge is -2.24. The minimum absolute atomic E-state index is 0.0188. The predicted octanol–water partition coefficient (Wildman–Crippen LogP) is 1.65. The molecule has 7 nitrogen and oxygen atoms in total. The Labute approximate surface area is 153 Å². The molecule has 7 heteroatoms. The van der Waals surface area contributed by atoms with Crippen molar-refractivity contribution in [2.45, 2.75) is 25.3 Å². The van der Waals surface area contributed by atoms with E-state index in [1.807, 2.05) is 35.4 Å². The molecule has 1 aliphatic rings. The molecule has 0 unspecified atom stereocenters. The van der Waals surface area contributed by atoms with Crippen LogP contribution in [0, 0.1) is 0 Å². The molecule has 2 aromatic rings. The van der Waals surface area contributed by atoms with Gasteiger partial charge in [-0.2, -0.15) is 0 Å². The molecule has 0 saturated carbocycles. The van der Waals surface area contributed by atoms with Crippen LogP contribution >= 0.6 is 0 Å². The molecule has 3 N–H and O–H groups in total. The number of hydrogen-bond acceptors (Lipinski definition) is 3. The minimum Gasteiger partial charge on any atom is -0.383 e. The number of hydrogen-bond donors (Lipinski definition) is 3. The maximum atomic E-state index is 12.9. The normalized spacial score (nSPS) is 15.2. The quantitative estimate of drug-likeness (QED) is 0.658. The SMILES string of the molecule is COCCNC(=O)N[C@@H](Cc1c[nH]c2ccccc12)C(=O)N1CCCC1. The number of para-hydroxylation sites is 1. The van der Waals surface area contributed by atoms with E-state index in [0.29, 0.717) is 19.6 Å². The van der Waals surface area contributed by atoms with E-state index in [0.717, 1.165) is 42.4 Å². The van der Waals surface area contributed by atoms with Crippen molar-refractivity contribution in [2.24, 2.45) is 0 Å². The number of carbonyl (C=O) groups excluding carboxylic acids is 2. The van der Waals surface area contributed by atoms with Crippen molar-refractivity contribution in [3.8, 4) is 0 Å². The zero-order valence-electron chi connectivity index (χ0n) is 15.1. The highest BCUT2D eigenvalue weighted by molar-refractivity contribution is 5.89. The topological polar surface area (TPSA) is 86.5 Å². The number of aromatic nitrogens is 1. The number of fused-ring (bicyclic) bond motifs is 1. The van der Waals surface area contributed by atoms with E-state index < -0.39 is 6.04 Å². The van der Waals surface area contributed by atoms with Crippen molar-refractivity contribution in [2.75, 3.05) is 33.4 Å². The number of aromatic amines is 1. The monoisotopic (exact) mass is 358 g/mol. The second kappa shape index (κ2) is 8.71. The fraction of sp³-hybridized carbons (Fsp3) is 0.474. The van der Waals surface area contributed by atoms with Crippen LogP contribution < -0.4 is 10.6 Å². The van der Waals surface area contributed by atoms with Crippen LogP contribution in [0.5, 0.6) is 0 Å². The van der Waals surface area contributed by atoms with Crippen LogP contribution in [0.3, 0.4) is 0 Å². The van der Waals surface area contributed by atoms with Gasteiger partial charge in [0.2, 0.25) is 5.91 Å². The van der Waals surface area contributed by atoms with Gasteiger partial charge < -0.3 is 25.3 Å². The third-order valence-electron chi connectivity index (χ3n) is 4.71. The molecule has 1 aromatic heterocycles. The summed E-state index contributed by atoms with van der Waals surface area (Å²) in [6, 6.07) is 7.03. The van der Waals surface area contributed by atoms with Gasteiger partial charge in [-0.25, -0.2) is 4.79 Å². The first-order chi connectivity index (χ1) is 12.7. The lowest BCUT2D eigenvalue weighted by molar-refractivity contribution is -0.132. The van der Waals surface area contributed by atoms with E-state index in [2.05, 4.69) is 15.6 Å². The van der Waals surface area contributed by atoms with Crippen LogP contribution in [0.4, 0.5) is 4.79 Å². The number of nitrogens with one attached hydrogen (secondary N) is 3. The summed E-state index contributed by atoms with van der Waals surface area (Å²) in [7, 11) is 1.58. The van der Waals surface area contributed by atoms with E-state index in [1.165, 1.54) is 0 Å². The number of methoxy groups -OCH3 is 1. The summed E-state index contributed by atoms with van der Waals surface area (Å²) < 4.78 is 4.94. The van der Waals surface area contributed by atoms with Crippen LogP contribution in [0.2, 0.25) is 0 Å². The zero-order valence-corrected chi connectivity index (χ0v) is 15.1. The van der Waals surface area contributed by atoms with Crippen molar-refractivity contribution >= 4 is 22.8 Å². The Bertz CT molecular complexity index is 752. The lowest BCUT2D eigenvalue weighted by Crippen LogP contribution is -2.52. The number of likely N-dealkylation sites (tertiary alicyclic amines) is 1. The largest absolute Gasteiger partial charge is 0.383 e. The first kappa shape index (κ1) is 18.3. The third-order valence-corrected chi connectivity index (χ3v) is 4.71. The number of ether oxygens (including phenoxy) is 1. The fourth-order valence-corrected chi connectivity index (χ4v) is 3.35. The molecular formula is C19H26N4O3. The van der Waals surface area contributed by atoms with Crippen LogP contribution in [0.15, 0.2) is 30.5 Å². The summed E-state index contributed by atoms with van der Waals surface area (Å²) in [6.45, 7) is 2.35. The fourth-order valence-electron chi connectivity index (χ4n) is 3.35. The Balaban J connectivity index is 1.73. The highest BCUT2D eigenvalue weighted by atomic mass is 16.5. The number of carbonyl (C=O) groups is 2. The van der Waals surface area contributed by atoms with Gasteiger partial charge in [-0.1, -0.05) is 18.2 Å². The standard InChI is InChI=1S/C19H26N4O3/c1-26-11-8-20-19(25)22-17(18(24)23-9-4-5-10-23)12-14-13-21-16-7-3-2-6-15(14)16/h2-3,6-7,13,17,21H,4-5,8-12H2,1H3,(H2,20,22,25)/t17-/m0/s1. The van der Waals surface area contributed by atoms with Crippen molar-refractivity contribution < 1.29 is 14.3 Å². The number of urea groups is 1. The van der Waals surface area contributed by atoms with Gasteiger partial charge in [0.05, 0.1) is 6.61 Å². The molecule has 140 valence electrons. The molecule has 1 aromatic carbocycles. The molecule has 2 heterocycles. The molecule has 1 fully saturated rings. The maximum absolute atomic E-state index is 12.9. The summed E-state index contributed by atoms with van der Waals surface area (Å²) in [5, 5.41) is 6.64. The van der Waals surface area contributed by atoms with Gasteiger partial charge >= 0.3 is 6.03 Å². The molecule has 26 heavy (non-hydrogen) atoms. The van der Waals surface area contributed by atoms with Crippen LogP contribution in [-0.2, 0) is 16.0 Å². The minimum atomic E-state index is -0.588. The van der Waals surface area contributed by atoms with Gasteiger partial charge in [-0.15, -0.1) is 0 Å². The predicted molar refractivity (Wildman–Crippen MR) is 100 cm³/mol. The number of H-pyrrole nitrogens is 1. The molecule has 0 aliphatic carbocycles. The Morgan fingerprint density at radius 3 is 2.81 bits per heavy atom. The first-order valence-corrected chi connectivity index (χ1v) is 9.06. The van der Waals surface area contributed by atoms with Gasteiger partial charge in [-0.05, 0) is 24.5 Å². The van der Waals surface area contributed by atoms with E-state index in [1.54, 1.807) is 7.11 Å². The highest BCUT2D eigenvalue weighted by Gasteiger charge is 2.28. The van der Waals surface area contributed by atoms with Crippen LogP contribution in [-0.4, -0.2) is 61.2 Å². The summed E-state index contributed by atoms with van der Waals surface area (Å²) in [5.41, 5.74) is 2.05. The molecule has 1 aliphatic heterocycles. The maximum Gasteiger partial charge on any atom is 0.315 e. The summed E-state index contributed by atoms with van der Waals surface area (Å²) >= 11 is 0. The van der Waals surface area contributed by atoms with Crippen molar-refractivity contribution in [1.29, 1.82) is 0 Å². The van der Waals surface area contributed by atoms with Gasteiger partial charge in [-0.3, -0.25) is 4.79 Å². The zero-order chi connectivity index (χ0) is 18.4. The Morgan fingerprint density at radius 1 is 1.27 bits per heavy atom.